The number of benzene rings is 1. The molecule has 21 heavy (non-hydrogen) atoms. The predicted octanol–water partition coefficient (Wildman–Crippen LogP) is 0.714. The van der Waals surface area contributed by atoms with Crippen LogP contribution in [0.25, 0.3) is 11.0 Å². The SMILES string of the molecule is O=S1(=O)CC[C@H](NC(=S)NCc2nc3ccccc3[nH]2)C1. The van der Waals surface area contributed by atoms with Crippen LogP contribution in [-0.4, -0.2) is 41.0 Å². The molecule has 0 unspecified atom stereocenters. The van der Waals surface area contributed by atoms with Gasteiger partial charge in [-0.3, -0.25) is 0 Å². The van der Waals surface area contributed by atoms with Gasteiger partial charge in [0, 0.05) is 6.04 Å². The summed E-state index contributed by atoms with van der Waals surface area (Å²) in [4.78, 5) is 7.64. The average Bonchev–Trinajstić information content (AvgIpc) is 2.99. The number of imidazole rings is 1. The van der Waals surface area contributed by atoms with Crippen molar-refractivity contribution in [3.05, 3.63) is 30.1 Å². The second-order valence-corrected chi connectivity index (χ2v) is 7.76. The van der Waals surface area contributed by atoms with Crippen molar-refractivity contribution < 1.29 is 8.42 Å². The number of thiocarbonyl (C=S) groups is 1. The number of hydrogen-bond acceptors (Lipinski definition) is 4. The lowest BCUT2D eigenvalue weighted by atomic mass is 10.3. The maximum atomic E-state index is 11.4. The third-order valence-electron chi connectivity index (χ3n) is 3.42. The molecule has 0 radical (unpaired) electrons. The highest BCUT2D eigenvalue weighted by atomic mass is 32.2. The van der Waals surface area contributed by atoms with Gasteiger partial charge in [-0.1, -0.05) is 12.1 Å². The van der Waals surface area contributed by atoms with E-state index in [1.807, 2.05) is 24.3 Å². The number of H-pyrrole nitrogens is 1. The number of para-hydroxylation sites is 2. The topological polar surface area (TPSA) is 86.9 Å². The van der Waals surface area contributed by atoms with Crippen LogP contribution in [-0.2, 0) is 16.4 Å². The molecule has 1 aliphatic rings. The van der Waals surface area contributed by atoms with E-state index in [1.165, 1.54) is 0 Å². The highest BCUT2D eigenvalue weighted by Gasteiger charge is 2.28. The van der Waals surface area contributed by atoms with E-state index in [-0.39, 0.29) is 17.5 Å². The predicted molar refractivity (Wildman–Crippen MR) is 85.7 cm³/mol. The molecule has 2 heterocycles. The Morgan fingerprint density at radius 1 is 1.43 bits per heavy atom. The van der Waals surface area contributed by atoms with Gasteiger partial charge in [0.25, 0.3) is 0 Å². The quantitative estimate of drug-likeness (QED) is 0.721. The van der Waals surface area contributed by atoms with Crippen LogP contribution in [0.5, 0.6) is 0 Å². The Hall–Kier alpha value is -1.67. The molecule has 0 bridgehead atoms. The number of nitrogens with zero attached hydrogens (tertiary/aromatic N) is 1. The van der Waals surface area contributed by atoms with Crippen molar-refractivity contribution in [2.24, 2.45) is 0 Å². The molecule has 1 aromatic carbocycles. The molecular weight excluding hydrogens is 308 g/mol. The van der Waals surface area contributed by atoms with Crippen molar-refractivity contribution in [1.82, 2.24) is 20.6 Å². The summed E-state index contributed by atoms with van der Waals surface area (Å²) in [7, 11) is -2.89. The summed E-state index contributed by atoms with van der Waals surface area (Å²) >= 11 is 5.19. The summed E-state index contributed by atoms with van der Waals surface area (Å²) < 4.78 is 22.8. The van der Waals surface area contributed by atoms with Crippen LogP contribution in [0.15, 0.2) is 24.3 Å². The first-order valence-corrected chi connectivity index (χ1v) is 8.93. The first-order valence-electron chi connectivity index (χ1n) is 6.70. The van der Waals surface area contributed by atoms with Crippen molar-refractivity contribution in [1.29, 1.82) is 0 Å². The van der Waals surface area contributed by atoms with E-state index in [0.29, 0.717) is 18.1 Å². The van der Waals surface area contributed by atoms with Crippen molar-refractivity contribution in [3.8, 4) is 0 Å². The van der Waals surface area contributed by atoms with Crippen LogP contribution < -0.4 is 10.6 Å². The zero-order valence-corrected chi connectivity index (χ0v) is 12.9. The Kier molecular flexibility index (Phi) is 3.81. The fourth-order valence-electron chi connectivity index (χ4n) is 2.40. The van der Waals surface area contributed by atoms with E-state index in [1.54, 1.807) is 0 Å². The van der Waals surface area contributed by atoms with Gasteiger partial charge in [-0.15, -0.1) is 0 Å². The summed E-state index contributed by atoms with van der Waals surface area (Å²) in [5, 5.41) is 6.54. The molecule has 0 saturated carbocycles. The molecule has 1 fully saturated rings. The first kappa shape index (κ1) is 14.3. The number of nitrogens with one attached hydrogen (secondary N) is 3. The fraction of sp³-hybridized carbons (Fsp3) is 0.385. The number of fused-ring (bicyclic) bond motifs is 1. The van der Waals surface area contributed by atoms with Gasteiger partial charge >= 0.3 is 0 Å². The van der Waals surface area contributed by atoms with E-state index in [4.69, 9.17) is 12.2 Å². The third kappa shape index (κ3) is 3.51. The Bertz CT molecular complexity index is 736. The molecule has 0 amide bonds. The lowest BCUT2D eigenvalue weighted by Gasteiger charge is -2.14. The first-order chi connectivity index (χ1) is 10.0. The van der Waals surface area contributed by atoms with Crippen molar-refractivity contribution in [2.75, 3.05) is 11.5 Å². The molecule has 6 nitrogen and oxygen atoms in total. The molecule has 3 N–H and O–H groups in total. The summed E-state index contributed by atoms with van der Waals surface area (Å²) in [6.07, 6.45) is 0.606. The van der Waals surface area contributed by atoms with Gasteiger partial charge in [-0.05, 0) is 30.8 Å². The third-order valence-corrected chi connectivity index (χ3v) is 5.45. The van der Waals surface area contributed by atoms with E-state index >= 15 is 0 Å². The molecule has 1 aromatic heterocycles. The monoisotopic (exact) mass is 324 g/mol. The zero-order chi connectivity index (χ0) is 14.9. The number of rotatable bonds is 3. The fourth-order valence-corrected chi connectivity index (χ4v) is 4.31. The molecule has 112 valence electrons. The summed E-state index contributed by atoms with van der Waals surface area (Å²) in [5.41, 5.74) is 1.89. The van der Waals surface area contributed by atoms with E-state index in [9.17, 15) is 8.42 Å². The van der Waals surface area contributed by atoms with Crippen LogP contribution in [0.1, 0.15) is 12.2 Å². The molecular formula is C13H16N4O2S2. The Morgan fingerprint density at radius 2 is 2.24 bits per heavy atom. The minimum Gasteiger partial charge on any atom is -0.359 e. The van der Waals surface area contributed by atoms with Gasteiger partial charge in [0.15, 0.2) is 14.9 Å². The van der Waals surface area contributed by atoms with Crippen LogP contribution >= 0.6 is 12.2 Å². The van der Waals surface area contributed by atoms with E-state index in [2.05, 4.69) is 20.6 Å². The van der Waals surface area contributed by atoms with Crippen LogP contribution in [0, 0.1) is 0 Å². The number of aromatic nitrogens is 2. The van der Waals surface area contributed by atoms with Crippen molar-refractivity contribution in [3.63, 3.8) is 0 Å². The Labute approximate surface area is 128 Å². The zero-order valence-electron chi connectivity index (χ0n) is 11.3. The van der Waals surface area contributed by atoms with Gasteiger partial charge in [0.2, 0.25) is 0 Å². The van der Waals surface area contributed by atoms with Gasteiger partial charge in [0.1, 0.15) is 5.82 Å². The van der Waals surface area contributed by atoms with Gasteiger partial charge in [-0.2, -0.15) is 0 Å². The van der Waals surface area contributed by atoms with E-state index < -0.39 is 9.84 Å². The summed E-state index contributed by atoms with van der Waals surface area (Å²) in [5.74, 6) is 1.18. The van der Waals surface area contributed by atoms with Crippen LogP contribution in [0.2, 0.25) is 0 Å². The largest absolute Gasteiger partial charge is 0.359 e. The molecule has 0 spiro atoms. The molecule has 2 aromatic rings. The lowest BCUT2D eigenvalue weighted by molar-refractivity contribution is 0.600. The molecule has 0 aliphatic carbocycles. The van der Waals surface area contributed by atoms with Crippen molar-refractivity contribution in [2.45, 2.75) is 19.0 Å². The van der Waals surface area contributed by atoms with Gasteiger partial charge in [-0.25, -0.2) is 13.4 Å². The Balaban J connectivity index is 1.54. The highest BCUT2D eigenvalue weighted by molar-refractivity contribution is 7.91. The standard InChI is InChI=1S/C13H16N4O2S2/c18-21(19)6-5-9(8-21)15-13(20)14-7-12-16-10-3-1-2-4-11(10)17-12/h1-4,9H,5-8H2,(H,16,17)(H2,14,15,20)/t9-/m0/s1. The molecule has 1 aliphatic heterocycles. The number of sulfone groups is 1. The lowest BCUT2D eigenvalue weighted by Crippen LogP contribution is -2.42. The second-order valence-electron chi connectivity index (χ2n) is 5.13. The number of aromatic amines is 1. The maximum Gasteiger partial charge on any atom is 0.166 e. The van der Waals surface area contributed by atoms with Crippen LogP contribution in [0.3, 0.4) is 0 Å². The molecule has 1 atom stereocenters. The van der Waals surface area contributed by atoms with E-state index in [0.717, 1.165) is 16.9 Å². The van der Waals surface area contributed by atoms with Gasteiger partial charge < -0.3 is 15.6 Å². The van der Waals surface area contributed by atoms with Crippen molar-refractivity contribution >= 4 is 38.2 Å². The highest BCUT2D eigenvalue weighted by Crippen LogP contribution is 2.11. The normalized spacial score (nSPS) is 20.5. The van der Waals surface area contributed by atoms with Gasteiger partial charge in [0.05, 0.1) is 29.1 Å². The van der Waals surface area contributed by atoms with Crippen LogP contribution in [0.4, 0.5) is 0 Å². The molecule has 3 rings (SSSR count). The average molecular weight is 324 g/mol. The maximum absolute atomic E-state index is 11.4. The Morgan fingerprint density at radius 3 is 2.95 bits per heavy atom. The minimum absolute atomic E-state index is 0.0920. The minimum atomic E-state index is -2.89. The smallest absolute Gasteiger partial charge is 0.166 e. The molecule has 1 saturated heterocycles. The molecule has 8 heteroatoms. The second kappa shape index (κ2) is 5.61. The summed E-state index contributed by atoms with van der Waals surface area (Å²) in [6, 6.07) is 7.70. The number of hydrogen-bond donors (Lipinski definition) is 3. The summed E-state index contributed by atoms with van der Waals surface area (Å²) in [6.45, 7) is 0.472.